The smallest absolute Gasteiger partial charge is 0.113 e. The van der Waals surface area contributed by atoms with Crippen LogP contribution >= 0.6 is 23.2 Å². The SMILES string of the molecule is OC(Cc1ccccc1)(Cn1ccnc1)c1cccc(Cl)c1Cl. The van der Waals surface area contributed by atoms with Crippen LogP contribution in [-0.2, 0) is 18.6 Å². The highest BCUT2D eigenvalue weighted by Gasteiger charge is 2.33. The summed E-state index contributed by atoms with van der Waals surface area (Å²) in [4.78, 5) is 4.04. The molecule has 23 heavy (non-hydrogen) atoms. The zero-order valence-corrected chi connectivity index (χ0v) is 13.9. The van der Waals surface area contributed by atoms with Crippen LogP contribution in [0, 0.1) is 0 Å². The molecule has 0 bridgehead atoms. The summed E-state index contributed by atoms with van der Waals surface area (Å²) < 4.78 is 1.83. The number of aromatic nitrogens is 2. The van der Waals surface area contributed by atoms with Crippen molar-refractivity contribution < 1.29 is 5.11 Å². The van der Waals surface area contributed by atoms with E-state index in [1.54, 1.807) is 24.7 Å². The summed E-state index contributed by atoms with van der Waals surface area (Å²) in [7, 11) is 0. The average molecular weight is 347 g/mol. The summed E-state index contributed by atoms with van der Waals surface area (Å²) in [6, 6.07) is 15.1. The zero-order chi connectivity index (χ0) is 16.3. The van der Waals surface area contributed by atoms with E-state index in [9.17, 15) is 5.11 Å². The summed E-state index contributed by atoms with van der Waals surface area (Å²) in [5.41, 5.74) is 0.444. The third kappa shape index (κ3) is 3.58. The van der Waals surface area contributed by atoms with Crippen molar-refractivity contribution in [1.82, 2.24) is 9.55 Å². The van der Waals surface area contributed by atoms with E-state index >= 15 is 0 Å². The molecule has 0 aliphatic carbocycles. The molecule has 1 heterocycles. The second-order valence-corrected chi connectivity index (χ2v) is 6.32. The number of rotatable bonds is 5. The Kier molecular flexibility index (Phi) is 4.71. The summed E-state index contributed by atoms with van der Waals surface area (Å²) in [6.45, 7) is 0.335. The van der Waals surface area contributed by atoms with Crippen LogP contribution in [-0.4, -0.2) is 14.7 Å². The van der Waals surface area contributed by atoms with Gasteiger partial charge in [-0.2, -0.15) is 0 Å². The fourth-order valence-corrected chi connectivity index (χ4v) is 3.19. The van der Waals surface area contributed by atoms with Crippen molar-refractivity contribution in [2.45, 2.75) is 18.6 Å². The lowest BCUT2D eigenvalue weighted by Gasteiger charge is -2.30. The Labute approximate surface area is 145 Å². The molecule has 0 spiro atoms. The lowest BCUT2D eigenvalue weighted by molar-refractivity contribution is 0.0186. The van der Waals surface area contributed by atoms with Crippen molar-refractivity contribution in [1.29, 1.82) is 0 Å². The van der Waals surface area contributed by atoms with Crippen molar-refractivity contribution >= 4 is 23.2 Å². The Morgan fingerprint density at radius 3 is 2.52 bits per heavy atom. The predicted molar refractivity (Wildman–Crippen MR) is 92.7 cm³/mol. The lowest BCUT2D eigenvalue weighted by atomic mass is 9.87. The van der Waals surface area contributed by atoms with Gasteiger partial charge in [0, 0.05) is 24.4 Å². The van der Waals surface area contributed by atoms with E-state index in [-0.39, 0.29) is 0 Å². The minimum atomic E-state index is -1.19. The average Bonchev–Trinajstić information content (AvgIpc) is 3.03. The van der Waals surface area contributed by atoms with Gasteiger partial charge in [0.05, 0.1) is 22.9 Å². The van der Waals surface area contributed by atoms with Crippen LogP contribution in [0.1, 0.15) is 11.1 Å². The molecule has 1 aromatic heterocycles. The molecule has 0 aliphatic rings. The molecule has 3 aromatic rings. The first-order chi connectivity index (χ1) is 11.1. The van der Waals surface area contributed by atoms with Crippen LogP contribution in [0.25, 0.3) is 0 Å². The van der Waals surface area contributed by atoms with Crippen LogP contribution in [0.4, 0.5) is 0 Å². The van der Waals surface area contributed by atoms with Crippen LogP contribution in [0.5, 0.6) is 0 Å². The maximum Gasteiger partial charge on any atom is 0.113 e. The topological polar surface area (TPSA) is 38.0 Å². The molecule has 1 unspecified atom stereocenters. The summed E-state index contributed by atoms with van der Waals surface area (Å²) in [5, 5.41) is 12.2. The van der Waals surface area contributed by atoms with E-state index in [0.717, 1.165) is 5.56 Å². The van der Waals surface area contributed by atoms with Gasteiger partial charge in [-0.15, -0.1) is 0 Å². The molecule has 0 saturated carbocycles. The molecule has 5 heteroatoms. The Hall–Kier alpha value is -1.81. The Balaban J connectivity index is 2.03. The van der Waals surface area contributed by atoms with Crippen molar-refractivity contribution in [2.24, 2.45) is 0 Å². The van der Waals surface area contributed by atoms with Gasteiger partial charge in [0.15, 0.2) is 0 Å². The van der Waals surface area contributed by atoms with E-state index in [0.29, 0.717) is 28.6 Å². The number of aliphatic hydroxyl groups is 1. The van der Waals surface area contributed by atoms with Crippen molar-refractivity contribution in [3.05, 3.63) is 88.4 Å². The molecule has 0 amide bonds. The van der Waals surface area contributed by atoms with E-state index in [1.807, 2.05) is 47.2 Å². The Bertz CT molecular complexity index is 775. The van der Waals surface area contributed by atoms with E-state index < -0.39 is 5.60 Å². The van der Waals surface area contributed by atoms with Gasteiger partial charge in [-0.25, -0.2) is 4.98 Å². The summed E-state index contributed by atoms with van der Waals surface area (Å²) >= 11 is 12.5. The zero-order valence-electron chi connectivity index (χ0n) is 12.4. The number of halogens is 2. The highest BCUT2D eigenvalue weighted by molar-refractivity contribution is 6.42. The molecular formula is C18H16Cl2N2O. The monoisotopic (exact) mass is 346 g/mol. The van der Waals surface area contributed by atoms with Crippen LogP contribution in [0.15, 0.2) is 67.3 Å². The summed E-state index contributed by atoms with van der Waals surface area (Å²) in [5.74, 6) is 0. The molecule has 2 aromatic carbocycles. The highest BCUT2D eigenvalue weighted by Crippen LogP contribution is 2.36. The van der Waals surface area contributed by atoms with Crippen molar-refractivity contribution in [3.8, 4) is 0 Å². The third-order valence-corrected chi connectivity index (χ3v) is 4.61. The number of nitrogens with zero attached hydrogens (tertiary/aromatic N) is 2. The van der Waals surface area contributed by atoms with Gasteiger partial charge in [-0.1, -0.05) is 65.7 Å². The minimum Gasteiger partial charge on any atom is -0.383 e. The first kappa shape index (κ1) is 16.1. The number of imidazole rings is 1. The number of hydrogen-bond acceptors (Lipinski definition) is 2. The van der Waals surface area contributed by atoms with Crippen LogP contribution in [0.3, 0.4) is 0 Å². The van der Waals surface area contributed by atoms with Gasteiger partial charge in [0.2, 0.25) is 0 Å². The van der Waals surface area contributed by atoms with Gasteiger partial charge in [-0.3, -0.25) is 0 Å². The molecule has 1 N–H and O–H groups in total. The molecule has 0 aliphatic heterocycles. The van der Waals surface area contributed by atoms with Crippen LogP contribution in [0.2, 0.25) is 10.0 Å². The first-order valence-electron chi connectivity index (χ1n) is 7.25. The molecule has 1 atom stereocenters. The molecule has 0 radical (unpaired) electrons. The lowest BCUT2D eigenvalue weighted by Crippen LogP contribution is -2.34. The fourth-order valence-electron chi connectivity index (χ4n) is 2.72. The molecule has 0 saturated heterocycles. The Morgan fingerprint density at radius 1 is 1.04 bits per heavy atom. The molecule has 118 valence electrons. The van der Waals surface area contributed by atoms with E-state index in [4.69, 9.17) is 23.2 Å². The molecule has 3 rings (SSSR count). The summed E-state index contributed by atoms with van der Waals surface area (Å²) in [6.07, 6.45) is 5.59. The van der Waals surface area contributed by atoms with Gasteiger partial charge in [0.1, 0.15) is 5.60 Å². The number of benzene rings is 2. The maximum absolute atomic E-state index is 11.4. The van der Waals surface area contributed by atoms with E-state index in [1.165, 1.54) is 0 Å². The molecular weight excluding hydrogens is 331 g/mol. The normalized spacial score (nSPS) is 13.7. The minimum absolute atomic E-state index is 0.335. The first-order valence-corrected chi connectivity index (χ1v) is 8.01. The predicted octanol–water partition coefficient (Wildman–Crippen LogP) is 4.32. The quantitative estimate of drug-likeness (QED) is 0.746. The highest BCUT2D eigenvalue weighted by atomic mass is 35.5. The molecule has 0 fully saturated rings. The van der Waals surface area contributed by atoms with Gasteiger partial charge >= 0.3 is 0 Å². The largest absolute Gasteiger partial charge is 0.383 e. The number of hydrogen-bond donors (Lipinski definition) is 1. The van der Waals surface area contributed by atoms with Gasteiger partial charge in [-0.05, 0) is 11.6 Å². The van der Waals surface area contributed by atoms with Crippen molar-refractivity contribution in [3.63, 3.8) is 0 Å². The Morgan fingerprint density at radius 2 is 1.83 bits per heavy atom. The second-order valence-electron chi connectivity index (χ2n) is 5.53. The van der Waals surface area contributed by atoms with Gasteiger partial charge < -0.3 is 9.67 Å². The van der Waals surface area contributed by atoms with Gasteiger partial charge in [0.25, 0.3) is 0 Å². The van der Waals surface area contributed by atoms with E-state index in [2.05, 4.69) is 4.98 Å². The van der Waals surface area contributed by atoms with Crippen molar-refractivity contribution in [2.75, 3.05) is 0 Å². The third-order valence-electron chi connectivity index (χ3n) is 3.80. The molecule has 3 nitrogen and oxygen atoms in total. The van der Waals surface area contributed by atoms with Crippen LogP contribution < -0.4 is 0 Å². The second kappa shape index (κ2) is 6.75. The maximum atomic E-state index is 11.4. The standard InChI is InChI=1S/C18H16Cl2N2O/c19-16-8-4-7-15(17(16)20)18(23,12-22-10-9-21-13-22)11-14-5-2-1-3-6-14/h1-10,13,23H,11-12H2. The fraction of sp³-hybridized carbons (Fsp3) is 0.167.